The minimum absolute atomic E-state index is 0.0692. The number of aromatic nitrogens is 1. The Hall–Kier alpha value is -5.20. The molecule has 1 aliphatic heterocycles. The number of H-pyrrole nitrogens is 1. The number of nitrogens with one attached hydrogen (secondary N) is 4. The highest BCUT2D eigenvalue weighted by Crippen LogP contribution is 2.30. The Balaban J connectivity index is 0.927. The van der Waals surface area contributed by atoms with Crippen molar-refractivity contribution >= 4 is 45.9 Å². The van der Waals surface area contributed by atoms with E-state index in [9.17, 15) is 24.6 Å². The molecule has 0 unspecified atom stereocenters. The first kappa shape index (κ1) is 35.6. The molecular formula is C39H40ClN5O6. The van der Waals surface area contributed by atoms with Crippen LogP contribution in [0.1, 0.15) is 36.5 Å². The van der Waals surface area contributed by atoms with Crippen molar-refractivity contribution < 1.29 is 24.5 Å². The molecule has 0 saturated carbocycles. The van der Waals surface area contributed by atoms with Crippen molar-refractivity contribution in [1.82, 2.24) is 15.2 Å². The highest BCUT2D eigenvalue weighted by atomic mass is 35.5. The number of fused-ring (bicyclic) bond motifs is 1. The normalized spacial score (nSPS) is 14.2. The number of carbonyl (C=O) groups is 2. The zero-order chi connectivity index (χ0) is 35.7. The molecule has 0 spiro atoms. The van der Waals surface area contributed by atoms with Gasteiger partial charge in [0.05, 0.1) is 28.0 Å². The first-order valence-electron chi connectivity index (χ1n) is 16.9. The zero-order valence-corrected chi connectivity index (χ0v) is 28.7. The fraction of sp³-hybridized carbons (Fsp3) is 0.256. The molecule has 1 atom stereocenters. The predicted octanol–water partition coefficient (Wildman–Crippen LogP) is 6.42. The van der Waals surface area contributed by atoms with Gasteiger partial charge in [0.2, 0.25) is 11.5 Å². The summed E-state index contributed by atoms with van der Waals surface area (Å²) in [6, 6.07) is 28.8. The number of aromatic amines is 1. The number of aromatic hydroxyl groups is 1. The average Bonchev–Trinajstić information content (AvgIpc) is 3.13. The first-order chi connectivity index (χ1) is 24.7. The number of para-hydroxylation sites is 1. The van der Waals surface area contributed by atoms with E-state index in [0.717, 1.165) is 16.7 Å². The summed E-state index contributed by atoms with van der Waals surface area (Å²) in [7, 11) is 0. The van der Waals surface area contributed by atoms with Gasteiger partial charge in [-0.15, -0.1) is 0 Å². The van der Waals surface area contributed by atoms with E-state index in [1.807, 2.05) is 60.7 Å². The maximum absolute atomic E-state index is 12.9. The number of ether oxygens (including phenoxy) is 1. The van der Waals surface area contributed by atoms with Gasteiger partial charge in [0, 0.05) is 56.2 Å². The van der Waals surface area contributed by atoms with Gasteiger partial charge < -0.3 is 35.5 Å². The third kappa shape index (κ3) is 9.33. The molecular weight excluding hydrogens is 670 g/mol. The number of phenolic OH excluding ortho intramolecular Hbond substituents is 1. The summed E-state index contributed by atoms with van der Waals surface area (Å²) in [6.07, 6.45) is 0.0362. The molecule has 51 heavy (non-hydrogen) atoms. The van der Waals surface area contributed by atoms with Gasteiger partial charge in [-0.05, 0) is 59.9 Å². The second kappa shape index (κ2) is 16.7. The summed E-state index contributed by atoms with van der Waals surface area (Å²) in [6.45, 7) is 2.58. The smallest absolute Gasteiger partial charge is 0.411 e. The maximum Gasteiger partial charge on any atom is 0.411 e. The van der Waals surface area contributed by atoms with Crippen LogP contribution in [0.4, 0.5) is 16.2 Å². The monoisotopic (exact) mass is 709 g/mol. The molecule has 2 amide bonds. The fourth-order valence-electron chi connectivity index (χ4n) is 6.27. The summed E-state index contributed by atoms with van der Waals surface area (Å²) in [5.41, 5.74) is 4.48. The number of aliphatic hydroxyl groups is 1. The standard InChI is InChI=1S/C39H40ClN5O6/c40-31-13-10-25(23-41-24-35(47)29-11-14-34(46)38-30(29)12-15-36(48)44-38)22-33(31)42-37(49)18-21-45-19-16-27(17-20-45)51-39(50)43-32-9-5-4-8-28(32)26-6-2-1-3-7-26/h1-15,22,27,35,41,46-47H,16-21,23-24H2,(H,42,49)(H,43,50)(H,44,48)/t35-/m1/s1. The van der Waals surface area contributed by atoms with E-state index in [-0.39, 0.29) is 41.8 Å². The second-order valence-corrected chi connectivity index (χ2v) is 12.9. The highest BCUT2D eigenvalue weighted by Gasteiger charge is 2.23. The van der Waals surface area contributed by atoms with Crippen LogP contribution in [-0.2, 0) is 16.1 Å². The van der Waals surface area contributed by atoms with E-state index < -0.39 is 12.2 Å². The van der Waals surface area contributed by atoms with Gasteiger partial charge in [0.1, 0.15) is 11.9 Å². The number of nitrogens with zero attached hydrogens (tertiary/aromatic N) is 1. The lowest BCUT2D eigenvalue weighted by molar-refractivity contribution is -0.116. The molecule has 6 rings (SSSR count). The molecule has 2 heterocycles. The number of rotatable bonds is 12. The molecule has 1 aromatic heterocycles. The first-order valence-corrected chi connectivity index (χ1v) is 17.3. The molecule has 1 aliphatic rings. The Kier molecular flexibility index (Phi) is 11.6. The minimum atomic E-state index is -0.901. The molecule has 0 bridgehead atoms. The number of anilines is 2. The Labute approximate surface area is 300 Å². The fourth-order valence-corrected chi connectivity index (χ4v) is 6.43. The Bertz CT molecular complexity index is 2050. The number of hydrogen-bond acceptors (Lipinski definition) is 8. The van der Waals surface area contributed by atoms with E-state index in [1.165, 1.54) is 12.1 Å². The van der Waals surface area contributed by atoms with Crippen LogP contribution in [-0.4, -0.2) is 64.4 Å². The number of amides is 2. The van der Waals surface area contributed by atoms with Crippen molar-refractivity contribution in [3.05, 3.63) is 124 Å². The van der Waals surface area contributed by atoms with E-state index in [4.69, 9.17) is 16.3 Å². The average molecular weight is 710 g/mol. The summed E-state index contributed by atoms with van der Waals surface area (Å²) in [5.74, 6) is -0.232. The van der Waals surface area contributed by atoms with Crippen molar-refractivity contribution in [2.24, 2.45) is 0 Å². The van der Waals surface area contributed by atoms with Crippen LogP contribution < -0.4 is 21.5 Å². The molecule has 11 nitrogen and oxygen atoms in total. The predicted molar refractivity (Wildman–Crippen MR) is 199 cm³/mol. The molecule has 1 saturated heterocycles. The number of phenols is 1. The van der Waals surface area contributed by atoms with Crippen LogP contribution in [0, 0.1) is 0 Å². The van der Waals surface area contributed by atoms with Gasteiger partial charge in [0.25, 0.3) is 0 Å². The molecule has 6 N–H and O–H groups in total. The van der Waals surface area contributed by atoms with Crippen LogP contribution in [0.3, 0.4) is 0 Å². The van der Waals surface area contributed by atoms with Crippen molar-refractivity contribution in [1.29, 1.82) is 0 Å². The van der Waals surface area contributed by atoms with Gasteiger partial charge >= 0.3 is 6.09 Å². The van der Waals surface area contributed by atoms with Crippen LogP contribution in [0.5, 0.6) is 5.75 Å². The Morgan fingerprint density at radius 2 is 1.69 bits per heavy atom. The summed E-state index contributed by atoms with van der Waals surface area (Å²) in [4.78, 5) is 42.1. The highest BCUT2D eigenvalue weighted by molar-refractivity contribution is 6.33. The summed E-state index contributed by atoms with van der Waals surface area (Å²) < 4.78 is 5.74. The second-order valence-electron chi connectivity index (χ2n) is 12.5. The largest absolute Gasteiger partial charge is 0.506 e. The van der Waals surface area contributed by atoms with Crippen molar-refractivity contribution in [2.45, 2.75) is 38.0 Å². The molecule has 0 aliphatic carbocycles. The van der Waals surface area contributed by atoms with E-state index >= 15 is 0 Å². The van der Waals surface area contributed by atoms with Gasteiger partial charge in [-0.25, -0.2) is 4.79 Å². The molecule has 264 valence electrons. The van der Waals surface area contributed by atoms with Crippen LogP contribution >= 0.6 is 11.6 Å². The number of pyridine rings is 1. The van der Waals surface area contributed by atoms with E-state index in [2.05, 4.69) is 25.8 Å². The lowest BCUT2D eigenvalue weighted by Crippen LogP contribution is -2.39. The summed E-state index contributed by atoms with van der Waals surface area (Å²) >= 11 is 6.40. The number of hydrogen-bond donors (Lipinski definition) is 6. The van der Waals surface area contributed by atoms with E-state index in [1.54, 1.807) is 24.3 Å². The van der Waals surface area contributed by atoms with Crippen LogP contribution in [0.2, 0.25) is 5.02 Å². The third-order valence-electron chi connectivity index (χ3n) is 8.95. The van der Waals surface area contributed by atoms with Crippen LogP contribution in [0.25, 0.3) is 22.0 Å². The Morgan fingerprint density at radius 3 is 2.49 bits per heavy atom. The van der Waals surface area contributed by atoms with Gasteiger partial charge in [0.15, 0.2) is 0 Å². The van der Waals surface area contributed by atoms with Gasteiger partial charge in [-0.3, -0.25) is 14.9 Å². The van der Waals surface area contributed by atoms with E-state index in [0.29, 0.717) is 66.4 Å². The SMILES string of the molecule is O=C(CCN1CCC(OC(=O)Nc2ccccc2-c2ccccc2)CC1)Nc1cc(CNC[C@@H](O)c2ccc(O)c3[nH]c(=O)ccc23)ccc1Cl. The van der Waals surface area contributed by atoms with Gasteiger partial charge in [-0.2, -0.15) is 0 Å². The molecule has 4 aromatic carbocycles. The lowest BCUT2D eigenvalue weighted by atomic mass is 10.0. The molecule has 12 heteroatoms. The van der Waals surface area contributed by atoms with Crippen molar-refractivity contribution in [3.8, 4) is 16.9 Å². The number of halogens is 1. The number of piperidine rings is 1. The summed E-state index contributed by atoms with van der Waals surface area (Å²) in [5, 5.41) is 31.0. The van der Waals surface area contributed by atoms with Gasteiger partial charge in [-0.1, -0.05) is 72.3 Å². The minimum Gasteiger partial charge on any atom is -0.506 e. The zero-order valence-electron chi connectivity index (χ0n) is 27.9. The number of carbonyl (C=O) groups excluding carboxylic acids is 2. The lowest BCUT2D eigenvalue weighted by Gasteiger charge is -2.31. The molecule has 5 aromatic rings. The van der Waals surface area contributed by atoms with Crippen molar-refractivity contribution in [3.63, 3.8) is 0 Å². The van der Waals surface area contributed by atoms with Crippen LogP contribution in [0.15, 0.2) is 102 Å². The quantitative estimate of drug-likeness (QED) is 0.0867. The molecule has 0 radical (unpaired) electrons. The number of likely N-dealkylation sites (tertiary alicyclic amines) is 1. The van der Waals surface area contributed by atoms with Crippen molar-refractivity contribution in [2.75, 3.05) is 36.8 Å². The maximum atomic E-state index is 12.9. The Morgan fingerprint density at radius 1 is 0.922 bits per heavy atom. The topological polar surface area (TPSA) is 156 Å². The third-order valence-corrected chi connectivity index (χ3v) is 9.28. The number of benzene rings is 4. The number of aliphatic hydroxyl groups excluding tert-OH is 1. The molecule has 1 fully saturated rings.